The van der Waals surface area contributed by atoms with Gasteiger partial charge in [0.25, 0.3) is 0 Å². The van der Waals surface area contributed by atoms with Crippen molar-refractivity contribution < 1.29 is 0 Å². The van der Waals surface area contributed by atoms with Gasteiger partial charge in [0, 0.05) is 37.1 Å². The van der Waals surface area contributed by atoms with E-state index >= 15 is 0 Å². The lowest BCUT2D eigenvalue weighted by atomic mass is 10.1. The Balaban J connectivity index is 2.08. The molecule has 0 unspecified atom stereocenters. The maximum atomic E-state index is 5.84. The topological polar surface area (TPSA) is 68.2 Å². The quantitative estimate of drug-likeness (QED) is 0.683. The summed E-state index contributed by atoms with van der Waals surface area (Å²) in [4.78, 5) is 6.28. The van der Waals surface area contributed by atoms with Gasteiger partial charge in [0.05, 0.1) is 0 Å². The summed E-state index contributed by atoms with van der Waals surface area (Å²) < 4.78 is 0. The Labute approximate surface area is 83.9 Å². The second kappa shape index (κ2) is 3.84. The molecule has 76 valence electrons. The molecule has 4 N–H and O–H groups in total. The molecule has 0 amide bonds. The molecular formula is C10H16N4. The van der Waals surface area contributed by atoms with Crippen molar-refractivity contribution in [2.75, 3.05) is 23.7 Å². The van der Waals surface area contributed by atoms with Crippen LogP contribution >= 0.6 is 0 Å². The van der Waals surface area contributed by atoms with Crippen molar-refractivity contribution >= 4 is 11.5 Å². The minimum atomic E-state index is 0.366. The van der Waals surface area contributed by atoms with Crippen molar-refractivity contribution in [3.8, 4) is 0 Å². The molecule has 0 aliphatic carbocycles. The fourth-order valence-corrected chi connectivity index (χ4v) is 1.79. The summed E-state index contributed by atoms with van der Waals surface area (Å²) in [5, 5.41) is 0. The molecular weight excluding hydrogens is 176 g/mol. The molecule has 0 saturated carbocycles. The SMILES string of the molecule is Nc1cc(N2CCC(N)CC2)ccn1. The van der Waals surface area contributed by atoms with Gasteiger partial charge in [-0.15, -0.1) is 0 Å². The normalized spacial score (nSPS) is 18.5. The second-order valence-corrected chi connectivity index (χ2v) is 3.76. The van der Waals surface area contributed by atoms with E-state index in [4.69, 9.17) is 11.5 Å². The molecule has 4 nitrogen and oxygen atoms in total. The Bertz CT molecular complexity index is 305. The second-order valence-electron chi connectivity index (χ2n) is 3.76. The van der Waals surface area contributed by atoms with Crippen molar-refractivity contribution in [3.63, 3.8) is 0 Å². The Morgan fingerprint density at radius 2 is 2.07 bits per heavy atom. The Morgan fingerprint density at radius 1 is 1.36 bits per heavy atom. The molecule has 1 fully saturated rings. The van der Waals surface area contributed by atoms with Gasteiger partial charge in [-0.3, -0.25) is 0 Å². The van der Waals surface area contributed by atoms with E-state index in [1.165, 1.54) is 0 Å². The van der Waals surface area contributed by atoms with Crippen LogP contribution in [-0.2, 0) is 0 Å². The highest BCUT2D eigenvalue weighted by molar-refractivity contribution is 5.52. The molecule has 1 aliphatic heterocycles. The van der Waals surface area contributed by atoms with Gasteiger partial charge in [0.2, 0.25) is 0 Å². The van der Waals surface area contributed by atoms with E-state index < -0.39 is 0 Å². The molecule has 0 radical (unpaired) electrons. The number of rotatable bonds is 1. The summed E-state index contributed by atoms with van der Waals surface area (Å²) >= 11 is 0. The highest BCUT2D eigenvalue weighted by Gasteiger charge is 2.16. The molecule has 0 bridgehead atoms. The smallest absolute Gasteiger partial charge is 0.125 e. The highest BCUT2D eigenvalue weighted by Crippen LogP contribution is 2.19. The van der Waals surface area contributed by atoms with Gasteiger partial charge in [0.1, 0.15) is 5.82 Å². The lowest BCUT2D eigenvalue weighted by Crippen LogP contribution is -2.39. The van der Waals surface area contributed by atoms with Crippen LogP contribution in [0.25, 0.3) is 0 Å². The molecule has 1 aliphatic rings. The van der Waals surface area contributed by atoms with Crippen LogP contribution in [0.2, 0.25) is 0 Å². The lowest BCUT2D eigenvalue weighted by Gasteiger charge is -2.31. The predicted molar refractivity (Wildman–Crippen MR) is 58.1 cm³/mol. The summed E-state index contributed by atoms with van der Waals surface area (Å²) in [5.41, 5.74) is 12.6. The number of hydrogen-bond donors (Lipinski definition) is 2. The van der Waals surface area contributed by atoms with Gasteiger partial charge in [-0.05, 0) is 18.9 Å². The number of nitrogens with zero attached hydrogens (tertiary/aromatic N) is 2. The van der Waals surface area contributed by atoms with Crippen LogP contribution in [0.1, 0.15) is 12.8 Å². The van der Waals surface area contributed by atoms with Gasteiger partial charge < -0.3 is 16.4 Å². The zero-order valence-corrected chi connectivity index (χ0v) is 8.19. The van der Waals surface area contributed by atoms with Gasteiger partial charge in [-0.25, -0.2) is 4.98 Å². The molecule has 4 heteroatoms. The molecule has 1 saturated heterocycles. The van der Waals surface area contributed by atoms with Gasteiger partial charge in [-0.2, -0.15) is 0 Å². The summed E-state index contributed by atoms with van der Waals surface area (Å²) in [6.07, 6.45) is 3.86. The number of hydrogen-bond acceptors (Lipinski definition) is 4. The Kier molecular flexibility index (Phi) is 2.54. The molecule has 2 rings (SSSR count). The van der Waals surface area contributed by atoms with E-state index in [-0.39, 0.29) is 0 Å². The summed E-state index contributed by atoms with van der Waals surface area (Å²) in [5.74, 6) is 0.581. The fourth-order valence-electron chi connectivity index (χ4n) is 1.79. The van der Waals surface area contributed by atoms with E-state index in [0.29, 0.717) is 11.9 Å². The van der Waals surface area contributed by atoms with E-state index in [0.717, 1.165) is 31.6 Å². The average molecular weight is 192 g/mol. The van der Waals surface area contributed by atoms with E-state index in [9.17, 15) is 0 Å². The van der Waals surface area contributed by atoms with Gasteiger partial charge >= 0.3 is 0 Å². The molecule has 0 aromatic carbocycles. The summed E-state index contributed by atoms with van der Waals surface area (Å²) in [7, 11) is 0. The largest absolute Gasteiger partial charge is 0.384 e. The molecule has 0 atom stereocenters. The fraction of sp³-hybridized carbons (Fsp3) is 0.500. The third-order valence-electron chi connectivity index (χ3n) is 2.67. The van der Waals surface area contributed by atoms with Crippen LogP contribution in [0.15, 0.2) is 18.3 Å². The third-order valence-corrected chi connectivity index (χ3v) is 2.67. The van der Waals surface area contributed by atoms with Crippen molar-refractivity contribution in [1.82, 2.24) is 4.98 Å². The van der Waals surface area contributed by atoms with E-state index in [2.05, 4.69) is 9.88 Å². The van der Waals surface area contributed by atoms with Crippen LogP contribution in [0.5, 0.6) is 0 Å². The zero-order chi connectivity index (χ0) is 9.97. The maximum absolute atomic E-state index is 5.84. The van der Waals surface area contributed by atoms with Crippen LogP contribution in [0.3, 0.4) is 0 Å². The summed E-state index contributed by atoms with van der Waals surface area (Å²) in [6, 6.07) is 4.27. The lowest BCUT2D eigenvalue weighted by molar-refractivity contribution is 0.501. The number of pyridine rings is 1. The minimum absolute atomic E-state index is 0.366. The molecule has 1 aromatic heterocycles. The van der Waals surface area contributed by atoms with Crippen molar-refractivity contribution in [2.45, 2.75) is 18.9 Å². The van der Waals surface area contributed by atoms with Crippen molar-refractivity contribution in [1.29, 1.82) is 0 Å². The highest BCUT2D eigenvalue weighted by atomic mass is 15.1. The first-order valence-electron chi connectivity index (χ1n) is 4.98. The average Bonchev–Trinajstić information content (AvgIpc) is 2.19. The first-order chi connectivity index (χ1) is 6.75. The summed E-state index contributed by atoms with van der Waals surface area (Å²) in [6.45, 7) is 2.04. The van der Waals surface area contributed by atoms with Gasteiger partial charge in [-0.1, -0.05) is 0 Å². The van der Waals surface area contributed by atoms with Crippen molar-refractivity contribution in [2.24, 2.45) is 5.73 Å². The maximum Gasteiger partial charge on any atom is 0.125 e. The van der Waals surface area contributed by atoms with Crippen LogP contribution in [-0.4, -0.2) is 24.1 Å². The Morgan fingerprint density at radius 3 is 2.71 bits per heavy atom. The predicted octanol–water partition coefficient (Wildman–Crippen LogP) is 0.591. The van der Waals surface area contributed by atoms with E-state index in [1.54, 1.807) is 6.20 Å². The van der Waals surface area contributed by atoms with E-state index in [1.807, 2.05) is 12.1 Å². The minimum Gasteiger partial charge on any atom is -0.384 e. The first-order valence-corrected chi connectivity index (χ1v) is 4.98. The third kappa shape index (κ3) is 1.96. The number of piperidine rings is 1. The number of aromatic nitrogens is 1. The van der Waals surface area contributed by atoms with Crippen LogP contribution < -0.4 is 16.4 Å². The molecule has 2 heterocycles. The molecule has 0 spiro atoms. The number of anilines is 2. The van der Waals surface area contributed by atoms with Gasteiger partial charge in [0.15, 0.2) is 0 Å². The molecule has 1 aromatic rings. The zero-order valence-electron chi connectivity index (χ0n) is 8.19. The Hall–Kier alpha value is -1.29. The van der Waals surface area contributed by atoms with Crippen LogP contribution in [0.4, 0.5) is 11.5 Å². The first kappa shape index (κ1) is 9.27. The van der Waals surface area contributed by atoms with Crippen LogP contribution in [0, 0.1) is 0 Å². The molecule has 14 heavy (non-hydrogen) atoms. The number of nitrogen functional groups attached to an aromatic ring is 1. The van der Waals surface area contributed by atoms with Crippen molar-refractivity contribution in [3.05, 3.63) is 18.3 Å². The monoisotopic (exact) mass is 192 g/mol. The number of nitrogens with two attached hydrogens (primary N) is 2. The standard InChI is InChI=1S/C10H16N4/c11-8-2-5-14(6-3-8)9-1-4-13-10(12)7-9/h1,4,7-8H,2-3,5-6,11H2,(H2,12,13).